The van der Waals surface area contributed by atoms with Crippen molar-refractivity contribution in [1.82, 2.24) is 4.90 Å². The zero-order valence-electron chi connectivity index (χ0n) is 13.8. The maximum atomic E-state index is 14.1. The molecule has 1 heterocycles. The van der Waals surface area contributed by atoms with Crippen LogP contribution < -0.4 is 4.90 Å². The number of rotatable bonds is 4. The van der Waals surface area contributed by atoms with E-state index in [9.17, 15) is 8.78 Å². The molecular weight excluding hydrogens is 344 g/mol. The van der Waals surface area contributed by atoms with Crippen molar-refractivity contribution in [2.24, 2.45) is 0 Å². The van der Waals surface area contributed by atoms with Crippen LogP contribution in [0.25, 0.3) is 0 Å². The van der Waals surface area contributed by atoms with Crippen LogP contribution in [0.3, 0.4) is 0 Å². The first kappa shape index (κ1) is 17.7. The largest absolute Gasteiger partial charge is 0.363 e. The van der Waals surface area contributed by atoms with Crippen molar-refractivity contribution >= 4 is 17.3 Å². The van der Waals surface area contributed by atoms with E-state index in [4.69, 9.17) is 16.9 Å². The van der Waals surface area contributed by atoms with E-state index >= 15 is 0 Å². The maximum Gasteiger partial charge on any atom is 0.128 e. The van der Waals surface area contributed by atoms with Gasteiger partial charge in [0.15, 0.2) is 0 Å². The number of benzene rings is 2. The summed E-state index contributed by atoms with van der Waals surface area (Å²) in [5.41, 5.74) is 1.49. The Kier molecular flexibility index (Phi) is 5.22. The van der Waals surface area contributed by atoms with Crippen LogP contribution in [-0.2, 0) is 6.54 Å². The Morgan fingerprint density at radius 1 is 1.28 bits per heavy atom. The summed E-state index contributed by atoms with van der Waals surface area (Å²) in [5, 5.41) is 9.41. The van der Waals surface area contributed by atoms with E-state index in [1.54, 1.807) is 18.2 Å². The summed E-state index contributed by atoms with van der Waals surface area (Å²) in [7, 11) is 2.03. The second-order valence-corrected chi connectivity index (χ2v) is 6.75. The van der Waals surface area contributed by atoms with Crippen molar-refractivity contribution in [2.45, 2.75) is 19.0 Å². The maximum absolute atomic E-state index is 14.1. The second-order valence-electron chi connectivity index (χ2n) is 6.34. The fourth-order valence-electron chi connectivity index (χ4n) is 3.22. The van der Waals surface area contributed by atoms with Gasteiger partial charge in [-0.1, -0.05) is 11.6 Å². The Hall–Kier alpha value is -2.16. The van der Waals surface area contributed by atoms with Crippen LogP contribution in [0.2, 0.25) is 5.02 Å². The number of hydrogen-bond donors (Lipinski definition) is 0. The van der Waals surface area contributed by atoms with E-state index in [0.29, 0.717) is 16.1 Å². The molecule has 0 saturated carbocycles. The Labute approximate surface area is 151 Å². The Bertz CT molecular complexity index is 819. The molecular formula is C19H18ClF2N3. The smallest absolute Gasteiger partial charge is 0.128 e. The van der Waals surface area contributed by atoms with E-state index in [2.05, 4.69) is 4.90 Å². The van der Waals surface area contributed by atoms with Gasteiger partial charge in [-0.3, -0.25) is 0 Å². The normalized spacial score (nSPS) is 17.5. The predicted octanol–water partition coefficient (Wildman–Crippen LogP) is 4.20. The monoisotopic (exact) mass is 361 g/mol. The molecule has 2 aromatic rings. The van der Waals surface area contributed by atoms with E-state index in [-0.39, 0.29) is 12.6 Å². The molecule has 6 heteroatoms. The Morgan fingerprint density at radius 3 is 2.72 bits per heavy atom. The molecule has 0 aromatic heterocycles. The Morgan fingerprint density at radius 2 is 2.08 bits per heavy atom. The van der Waals surface area contributed by atoms with Crippen molar-refractivity contribution in [2.75, 3.05) is 25.0 Å². The van der Waals surface area contributed by atoms with Crippen LogP contribution in [0, 0.1) is 23.0 Å². The first-order chi connectivity index (χ1) is 12.0. The molecule has 1 saturated heterocycles. The van der Waals surface area contributed by atoms with E-state index in [0.717, 1.165) is 37.3 Å². The van der Waals surface area contributed by atoms with Crippen molar-refractivity contribution < 1.29 is 8.78 Å². The lowest BCUT2D eigenvalue weighted by atomic mass is 10.1. The third-order valence-electron chi connectivity index (χ3n) is 4.56. The van der Waals surface area contributed by atoms with E-state index in [1.165, 1.54) is 6.07 Å². The van der Waals surface area contributed by atoms with Crippen LogP contribution in [0.4, 0.5) is 14.5 Å². The molecule has 2 aromatic carbocycles. The molecule has 1 fully saturated rings. The molecule has 0 unspecified atom stereocenters. The van der Waals surface area contributed by atoms with Gasteiger partial charge in [0.1, 0.15) is 17.7 Å². The lowest BCUT2D eigenvalue weighted by Crippen LogP contribution is -2.37. The molecule has 0 N–H and O–H groups in total. The van der Waals surface area contributed by atoms with Crippen LogP contribution in [0.15, 0.2) is 36.4 Å². The van der Waals surface area contributed by atoms with Crippen LogP contribution in [0.5, 0.6) is 0 Å². The molecule has 1 aliphatic heterocycles. The van der Waals surface area contributed by atoms with Crippen molar-refractivity contribution in [3.63, 3.8) is 0 Å². The number of likely N-dealkylation sites (N-methyl/N-ethyl adjacent to an activating group) is 1. The number of likely N-dealkylation sites (tertiary alicyclic amines) is 1. The topological polar surface area (TPSA) is 30.3 Å². The zero-order valence-corrected chi connectivity index (χ0v) is 14.6. The molecule has 0 aliphatic carbocycles. The highest BCUT2D eigenvalue weighted by Gasteiger charge is 2.27. The van der Waals surface area contributed by atoms with Gasteiger partial charge in [-0.05, 0) is 56.4 Å². The minimum atomic E-state index is -0.460. The van der Waals surface area contributed by atoms with Crippen LogP contribution in [0.1, 0.15) is 17.5 Å². The summed E-state index contributed by atoms with van der Waals surface area (Å²) >= 11 is 6.17. The highest BCUT2D eigenvalue weighted by Crippen LogP contribution is 2.29. The molecule has 3 rings (SSSR count). The first-order valence-electron chi connectivity index (χ1n) is 8.06. The van der Waals surface area contributed by atoms with Crippen LogP contribution in [-0.4, -0.2) is 31.1 Å². The molecule has 0 spiro atoms. The van der Waals surface area contributed by atoms with Gasteiger partial charge >= 0.3 is 0 Å². The summed E-state index contributed by atoms with van der Waals surface area (Å²) < 4.78 is 27.7. The van der Waals surface area contributed by atoms with Gasteiger partial charge in [0, 0.05) is 30.4 Å². The molecule has 1 atom stereocenters. The summed E-state index contributed by atoms with van der Waals surface area (Å²) in [5.74, 6) is -0.893. The third kappa shape index (κ3) is 3.92. The highest BCUT2D eigenvalue weighted by molar-refractivity contribution is 6.32. The Balaban J connectivity index is 1.97. The molecule has 0 bridgehead atoms. The standard InChI is InChI=1S/C19H18ClF2N3/c1-24-7-6-17(12-24)25(11-14-8-15(21)3-5-19(14)22)16-4-2-13(10-23)18(20)9-16/h2-5,8-9,17H,6-7,11-12H2,1H3/t17-/m0/s1. The van der Waals surface area contributed by atoms with Gasteiger partial charge in [-0.15, -0.1) is 0 Å². The average Bonchev–Trinajstić information content (AvgIpc) is 3.01. The lowest BCUT2D eigenvalue weighted by Gasteiger charge is -2.31. The molecule has 25 heavy (non-hydrogen) atoms. The fraction of sp³-hybridized carbons (Fsp3) is 0.316. The zero-order chi connectivity index (χ0) is 18.0. The van der Waals surface area contributed by atoms with Gasteiger partial charge < -0.3 is 9.80 Å². The summed E-state index contributed by atoms with van der Waals surface area (Å²) in [4.78, 5) is 4.24. The van der Waals surface area contributed by atoms with Crippen molar-refractivity contribution in [3.05, 3.63) is 64.2 Å². The highest BCUT2D eigenvalue weighted by atomic mass is 35.5. The predicted molar refractivity (Wildman–Crippen MR) is 94.6 cm³/mol. The summed E-state index contributed by atoms with van der Waals surface area (Å²) in [6.07, 6.45) is 0.922. The number of halogens is 3. The van der Waals surface area contributed by atoms with E-state index in [1.807, 2.05) is 18.0 Å². The quantitative estimate of drug-likeness (QED) is 0.817. The molecule has 130 valence electrons. The molecule has 0 amide bonds. The van der Waals surface area contributed by atoms with Crippen molar-refractivity contribution in [1.29, 1.82) is 5.26 Å². The van der Waals surface area contributed by atoms with Gasteiger partial charge in [-0.2, -0.15) is 5.26 Å². The van der Waals surface area contributed by atoms with Crippen molar-refractivity contribution in [3.8, 4) is 6.07 Å². The molecule has 0 radical (unpaired) electrons. The number of anilines is 1. The summed E-state index contributed by atoms with van der Waals surface area (Å²) in [6.45, 7) is 2.01. The number of nitrogens with zero attached hydrogens (tertiary/aromatic N) is 3. The number of hydrogen-bond acceptors (Lipinski definition) is 3. The first-order valence-corrected chi connectivity index (χ1v) is 8.44. The fourth-order valence-corrected chi connectivity index (χ4v) is 3.44. The van der Waals surface area contributed by atoms with Gasteiger partial charge in [0.05, 0.1) is 10.6 Å². The molecule has 3 nitrogen and oxygen atoms in total. The number of nitriles is 1. The van der Waals surface area contributed by atoms with E-state index < -0.39 is 11.6 Å². The second kappa shape index (κ2) is 7.38. The summed E-state index contributed by atoms with van der Waals surface area (Å²) in [6, 6.07) is 10.9. The van der Waals surface area contributed by atoms with Gasteiger partial charge in [0.2, 0.25) is 0 Å². The third-order valence-corrected chi connectivity index (χ3v) is 4.87. The SMILES string of the molecule is CN1CC[C@H](N(Cc2cc(F)ccc2F)c2ccc(C#N)c(Cl)c2)C1. The van der Waals surface area contributed by atoms with Gasteiger partial charge in [-0.25, -0.2) is 8.78 Å². The van der Waals surface area contributed by atoms with Crippen LogP contribution >= 0.6 is 11.6 Å². The molecule has 1 aliphatic rings. The average molecular weight is 362 g/mol. The lowest BCUT2D eigenvalue weighted by molar-refractivity contribution is 0.407. The van der Waals surface area contributed by atoms with Gasteiger partial charge in [0.25, 0.3) is 0 Å². The minimum absolute atomic E-state index is 0.164. The minimum Gasteiger partial charge on any atom is -0.363 e.